The molecule has 1 N–H and O–H groups in total. The number of rotatable bonds is 4. The van der Waals surface area contributed by atoms with Crippen molar-refractivity contribution < 1.29 is 18.3 Å². The van der Waals surface area contributed by atoms with E-state index < -0.39 is 26.5 Å². The van der Waals surface area contributed by atoms with Crippen molar-refractivity contribution in [2.24, 2.45) is 0 Å². The van der Waals surface area contributed by atoms with E-state index in [-0.39, 0.29) is 10.8 Å². The number of sulfone groups is 1. The minimum absolute atomic E-state index is 0.0526. The third kappa shape index (κ3) is 3.82. The van der Waals surface area contributed by atoms with Crippen LogP contribution < -0.4 is 0 Å². The van der Waals surface area contributed by atoms with Gasteiger partial charge in [0.05, 0.1) is 5.02 Å². The second kappa shape index (κ2) is 7.16. The highest BCUT2D eigenvalue weighted by Gasteiger charge is 2.31. The Morgan fingerprint density at radius 2 is 1.63 bits per heavy atom. The maximum atomic E-state index is 12.4. The van der Waals surface area contributed by atoms with Gasteiger partial charge in [-0.25, -0.2) is 18.2 Å². The molecular formula is C17H11Cl3N2O4S. The first-order valence-electron chi connectivity index (χ1n) is 7.37. The van der Waals surface area contributed by atoms with Crippen LogP contribution in [0.4, 0.5) is 0 Å². The van der Waals surface area contributed by atoms with E-state index in [4.69, 9.17) is 34.8 Å². The quantitative estimate of drug-likeness (QED) is 0.634. The van der Waals surface area contributed by atoms with Crippen molar-refractivity contribution in [1.29, 1.82) is 0 Å². The van der Waals surface area contributed by atoms with E-state index in [2.05, 4.69) is 4.98 Å². The van der Waals surface area contributed by atoms with Crippen LogP contribution in [0.25, 0.3) is 17.1 Å². The molecule has 0 amide bonds. The number of carboxylic acids is 1. The Kier molecular flexibility index (Phi) is 5.22. The minimum atomic E-state index is -3.96. The van der Waals surface area contributed by atoms with Crippen molar-refractivity contribution in [3.8, 4) is 17.1 Å². The van der Waals surface area contributed by atoms with E-state index in [1.807, 2.05) is 0 Å². The summed E-state index contributed by atoms with van der Waals surface area (Å²) in [7, 11) is -3.96. The van der Waals surface area contributed by atoms with Crippen LogP contribution in [-0.2, 0) is 9.84 Å². The topological polar surface area (TPSA) is 89.3 Å². The summed E-state index contributed by atoms with van der Waals surface area (Å²) >= 11 is 18.1. The number of hydrogen-bond donors (Lipinski definition) is 1. The Bertz CT molecular complexity index is 1160. The standard InChI is InChI=1S/C17H11Cl3N2O4S/c1-27(25,26)16-14(17(23)24)21-15(12-7-4-10(19)8-13(12)20)22(16)11-5-2-9(18)3-6-11/h2-8H,1H3,(H,23,24). The van der Waals surface area contributed by atoms with Crippen LogP contribution in [0, 0.1) is 0 Å². The maximum Gasteiger partial charge on any atom is 0.357 e. The van der Waals surface area contributed by atoms with Crippen molar-refractivity contribution in [2.45, 2.75) is 5.03 Å². The zero-order valence-corrected chi connectivity index (χ0v) is 16.7. The number of hydrogen-bond acceptors (Lipinski definition) is 4. The number of carbonyl (C=O) groups is 1. The molecule has 1 aromatic heterocycles. The molecule has 1 heterocycles. The lowest BCUT2D eigenvalue weighted by Crippen LogP contribution is -2.12. The van der Waals surface area contributed by atoms with Gasteiger partial charge in [-0.2, -0.15) is 0 Å². The van der Waals surface area contributed by atoms with Crippen molar-refractivity contribution >= 4 is 50.6 Å². The first kappa shape index (κ1) is 19.7. The highest BCUT2D eigenvalue weighted by Crippen LogP contribution is 2.35. The first-order chi connectivity index (χ1) is 12.6. The molecule has 3 aromatic rings. The number of halogens is 3. The Morgan fingerprint density at radius 1 is 1.04 bits per heavy atom. The van der Waals surface area contributed by atoms with Crippen LogP contribution in [0.5, 0.6) is 0 Å². The number of carboxylic acid groups (broad SMARTS) is 1. The molecule has 10 heteroatoms. The highest BCUT2D eigenvalue weighted by molar-refractivity contribution is 7.90. The Hall–Kier alpha value is -2.06. The predicted molar refractivity (Wildman–Crippen MR) is 104 cm³/mol. The molecule has 2 aromatic carbocycles. The molecular weight excluding hydrogens is 435 g/mol. The lowest BCUT2D eigenvalue weighted by atomic mass is 10.2. The van der Waals surface area contributed by atoms with Gasteiger partial charge in [0, 0.05) is 27.6 Å². The van der Waals surface area contributed by atoms with Gasteiger partial charge in [0.1, 0.15) is 5.82 Å². The maximum absolute atomic E-state index is 12.4. The van der Waals surface area contributed by atoms with Gasteiger partial charge < -0.3 is 5.11 Å². The van der Waals surface area contributed by atoms with E-state index in [0.29, 0.717) is 21.3 Å². The molecule has 140 valence electrons. The average molecular weight is 446 g/mol. The third-order valence-corrected chi connectivity index (χ3v) is 5.52. The lowest BCUT2D eigenvalue weighted by molar-refractivity contribution is 0.0686. The highest BCUT2D eigenvalue weighted by atomic mass is 35.5. The van der Waals surface area contributed by atoms with Crippen LogP contribution in [0.2, 0.25) is 15.1 Å². The monoisotopic (exact) mass is 444 g/mol. The summed E-state index contributed by atoms with van der Waals surface area (Å²) in [4.78, 5) is 15.7. The van der Waals surface area contributed by atoms with Gasteiger partial charge in [0.15, 0.2) is 20.6 Å². The van der Waals surface area contributed by atoms with Crippen LogP contribution in [0.3, 0.4) is 0 Å². The Labute approximate surface area is 169 Å². The van der Waals surface area contributed by atoms with E-state index in [0.717, 1.165) is 6.26 Å². The summed E-state index contributed by atoms with van der Waals surface area (Å²) in [5, 5.41) is 10.0. The second-order valence-corrected chi connectivity index (χ2v) is 8.81. The van der Waals surface area contributed by atoms with Gasteiger partial charge in [-0.15, -0.1) is 0 Å². The SMILES string of the molecule is CS(=O)(=O)c1c(C(=O)O)nc(-c2ccc(Cl)cc2Cl)n1-c1ccc(Cl)cc1. The fourth-order valence-electron chi connectivity index (χ4n) is 2.57. The fourth-order valence-corrected chi connectivity index (χ4v) is 4.19. The lowest BCUT2D eigenvalue weighted by Gasteiger charge is -2.12. The predicted octanol–water partition coefficient (Wildman–Crippen LogP) is 4.60. The summed E-state index contributed by atoms with van der Waals surface area (Å²) in [6, 6.07) is 10.8. The normalized spacial score (nSPS) is 11.6. The zero-order chi connectivity index (χ0) is 19.9. The number of aromatic carboxylic acids is 1. The average Bonchev–Trinajstić information content (AvgIpc) is 2.96. The summed E-state index contributed by atoms with van der Waals surface area (Å²) in [6.45, 7) is 0. The molecule has 27 heavy (non-hydrogen) atoms. The van der Waals surface area contributed by atoms with Gasteiger partial charge in [0.25, 0.3) is 0 Å². The molecule has 0 aliphatic heterocycles. The molecule has 0 atom stereocenters. The number of aromatic nitrogens is 2. The van der Waals surface area contributed by atoms with Crippen LogP contribution in [0.15, 0.2) is 47.5 Å². The molecule has 0 unspecified atom stereocenters. The molecule has 3 rings (SSSR count). The summed E-state index contributed by atoms with van der Waals surface area (Å²) in [5.41, 5.74) is 0.0859. The number of nitrogens with zero attached hydrogens (tertiary/aromatic N) is 2. The van der Waals surface area contributed by atoms with Gasteiger partial charge in [0.2, 0.25) is 0 Å². The van der Waals surface area contributed by atoms with Gasteiger partial charge >= 0.3 is 5.97 Å². The van der Waals surface area contributed by atoms with Crippen molar-refractivity contribution in [1.82, 2.24) is 9.55 Å². The molecule has 0 fully saturated rings. The van der Waals surface area contributed by atoms with E-state index in [9.17, 15) is 18.3 Å². The largest absolute Gasteiger partial charge is 0.476 e. The summed E-state index contributed by atoms with van der Waals surface area (Å²) in [5.74, 6) is -1.42. The van der Waals surface area contributed by atoms with E-state index >= 15 is 0 Å². The molecule has 0 aliphatic carbocycles. The Morgan fingerprint density at radius 3 is 2.15 bits per heavy atom. The van der Waals surface area contributed by atoms with E-state index in [1.165, 1.54) is 16.7 Å². The fraction of sp³-hybridized carbons (Fsp3) is 0.0588. The van der Waals surface area contributed by atoms with Crippen LogP contribution in [-0.4, -0.2) is 35.3 Å². The summed E-state index contributed by atoms with van der Waals surface area (Å²) < 4.78 is 26.0. The molecule has 6 nitrogen and oxygen atoms in total. The number of benzene rings is 2. The molecule has 0 bridgehead atoms. The smallest absolute Gasteiger partial charge is 0.357 e. The molecule has 0 saturated heterocycles. The Balaban J connectivity index is 2.46. The van der Waals surface area contributed by atoms with Gasteiger partial charge in [-0.1, -0.05) is 34.8 Å². The zero-order valence-electron chi connectivity index (χ0n) is 13.6. The molecule has 0 saturated carbocycles. The van der Waals surface area contributed by atoms with Crippen LogP contribution >= 0.6 is 34.8 Å². The van der Waals surface area contributed by atoms with E-state index in [1.54, 1.807) is 30.3 Å². The van der Waals surface area contributed by atoms with Crippen molar-refractivity contribution in [2.75, 3.05) is 6.26 Å². The molecule has 0 radical (unpaired) electrons. The number of imidazole rings is 1. The third-order valence-electron chi connectivity index (χ3n) is 3.65. The van der Waals surface area contributed by atoms with Crippen molar-refractivity contribution in [3.63, 3.8) is 0 Å². The minimum Gasteiger partial charge on any atom is -0.476 e. The van der Waals surface area contributed by atoms with Crippen LogP contribution in [0.1, 0.15) is 10.5 Å². The molecule has 0 aliphatic rings. The van der Waals surface area contributed by atoms with Gasteiger partial charge in [-0.3, -0.25) is 4.57 Å². The van der Waals surface area contributed by atoms with Crippen molar-refractivity contribution in [3.05, 3.63) is 63.2 Å². The first-order valence-corrected chi connectivity index (χ1v) is 10.4. The van der Waals surface area contributed by atoms with Gasteiger partial charge in [-0.05, 0) is 42.5 Å². The summed E-state index contributed by atoms with van der Waals surface area (Å²) in [6.07, 6.45) is 0.913. The second-order valence-electron chi connectivity index (χ2n) is 5.60. The molecule has 0 spiro atoms.